The van der Waals surface area contributed by atoms with E-state index in [1.165, 1.54) is 16.8 Å². The van der Waals surface area contributed by atoms with Gasteiger partial charge in [-0.25, -0.2) is 4.68 Å². The third-order valence-corrected chi connectivity index (χ3v) is 5.63. The standard InChI is InChI=1S/C21H23F2N5O4S/c1-12(19(29)25-11-13-4-9-16(30-2)17(10-13)31-3)33-21-27-26-18(28(21)24)14-5-7-15(8-6-14)32-20(22)23/h4-10,12,20H,11,24H2,1-3H3,(H,25,29). The number of alkyl halides is 2. The van der Waals surface area contributed by atoms with Crippen LogP contribution in [-0.2, 0) is 11.3 Å². The molecule has 1 amide bonds. The highest BCUT2D eigenvalue weighted by Crippen LogP contribution is 2.28. The summed E-state index contributed by atoms with van der Waals surface area (Å²) in [6.07, 6.45) is 0. The van der Waals surface area contributed by atoms with Gasteiger partial charge in [0.1, 0.15) is 5.75 Å². The summed E-state index contributed by atoms with van der Waals surface area (Å²) in [6.45, 7) is -0.881. The zero-order valence-electron chi connectivity index (χ0n) is 18.1. The Hall–Kier alpha value is -3.54. The van der Waals surface area contributed by atoms with Crippen molar-refractivity contribution in [2.24, 2.45) is 0 Å². The lowest BCUT2D eigenvalue weighted by Crippen LogP contribution is -2.30. The lowest BCUT2D eigenvalue weighted by molar-refractivity contribution is -0.120. The number of nitrogens with one attached hydrogen (secondary N) is 1. The molecule has 1 heterocycles. The van der Waals surface area contributed by atoms with Gasteiger partial charge in [-0.1, -0.05) is 17.8 Å². The average Bonchev–Trinajstić information content (AvgIpc) is 3.17. The van der Waals surface area contributed by atoms with Gasteiger partial charge >= 0.3 is 6.61 Å². The first-order valence-corrected chi connectivity index (χ1v) is 10.6. The number of aromatic nitrogens is 3. The molecule has 2 aromatic carbocycles. The summed E-state index contributed by atoms with van der Waals surface area (Å²) in [5, 5.41) is 10.7. The highest BCUT2D eigenvalue weighted by Gasteiger charge is 2.20. The molecular formula is C21H23F2N5O4S. The molecule has 0 aliphatic carbocycles. The maximum absolute atomic E-state index is 12.6. The molecule has 12 heteroatoms. The molecule has 0 saturated heterocycles. The second kappa shape index (κ2) is 10.9. The van der Waals surface area contributed by atoms with Gasteiger partial charge in [0.25, 0.3) is 0 Å². The van der Waals surface area contributed by atoms with Gasteiger partial charge in [-0.3, -0.25) is 4.79 Å². The van der Waals surface area contributed by atoms with Gasteiger partial charge in [0.05, 0.1) is 19.5 Å². The number of nitrogen functional groups attached to an aromatic ring is 1. The third-order valence-electron chi connectivity index (χ3n) is 4.57. The first-order chi connectivity index (χ1) is 15.8. The number of carbonyl (C=O) groups is 1. The summed E-state index contributed by atoms with van der Waals surface area (Å²) in [4.78, 5) is 12.6. The number of benzene rings is 2. The van der Waals surface area contributed by atoms with Crippen molar-refractivity contribution >= 4 is 17.7 Å². The number of ether oxygens (including phenoxy) is 3. The second-order valence-electron chi connectivity index (χ2n) is 6.75. The molecule has 176 valence electrons. The molecule has 0 fully saturated rings. The Morgan fingerprint density at radius 3 is 2.45 bits per heavy atom. The van der Waals surface area contributed by atoms with E-state index in [0.717, 1.165) is 17.3 Å². The Kier molecular flexibility index (Phi) is 7.93. The summed E-state index contributed by atoms with van der Waals surface area (Å²) in [5.74, 6) is 7.39. The number of carbonyl (C=O) groups excluding carboxylic acids is 1. The molecule has 0 aliphatic rings. The molecule has 0 saturated carbocycles. The van der Waals surface area contributed by atoms with Crippen LogP contribution in [-0.4, -0.2) is 46.9 Å². The normalized spacial score (nSPS) is 11.8. The first-order valence-electron chi connectivity index (χ1n) is 9.73. The van der Waals surface area contributed by atoms with Crippen LogP contribution in [0.25, 0.3) is 11.4 Å². The van der Waals surface area contributed by atoms with E-state index in [1.54, 1.807) is 45.4 Å². The van der Waals surface area contributed by atoms with Gasteiger partial charge in [-0.15, -0.1) is 10.2 Å². The number of hydrogen-bond acceptors (Lipinski definition) is 8. The van der Waals surface area contributed by atoms with Gasteiger partial charge in [-0.05, 0) is 48.9 Å². The highest BCUT2D eigenvalue weighted by molar-refractivity contribution is 8.00. The van der Waals surface area contributed by atoms with E-state index in [0.29, 0.717) is 34.6 Å². The molecule has 3 rings (SSSR count). The van der Waals surface area contributed by atoms with E-state index in [1.807, 2.05) is 6.07 Å². The molecular weight excluding hydrogens is 456 g/mol. The van der Waals surface area contributed by atoms with Crippen LogP contribution in [0.15, 0.2) is 47.6 Å². The number of nitrogens with zero attached hydrogens (tertiary/aromatic N) is 3. The van der Waals surface area contributed by atoms with Crippen LogP contribution in [0.3, 0.4) is 0 Å². The Bertz CT molecular complexity index is 1090. The highest BCUT2D eigenvalue weighted by atomic mass is 32.2. The fraction of sp³-hybridized carbons (Fsp3) is 0.286. The molecule has 1 atom stereocenters. The van der Waals surface area contributed by atoms with Gasteiger partial charge in [-0.2, -0.15) is 8.78 Å². The van der Waals surface area contributed by atoms with Gasteiger partial charge < -0.3 is 25.4 Å². The van der Waals surface area contributed by atoms with Crippen molar-refractivity contribution in [3.63, 3.8) is 0 Å². The van der Waals surface area contributed by atoms with Crippen molar-refractivity contribution in [2.75, 3.05) is 20.1 Å². The summed E-state index contributed by atoms with van der Waals surface area (Å²) < 4.78 is 40.7. The Morgan fingerprint density at radius 2 is 1.82 bits per heavy atom. The quantitative estimate of drug-likeness (QED) is 0.337. The van der Waals surface area contributed by atoms with E-state index in [9.17, 15) is 13.6 Å². The molecule has 3 aromatic rings. The minimum absolute atomic E-state index is 0.0196. The van der Waals surface area contributed by atoms with Crippen molar-refractivity contribution < 1.29 is 27.8 Å². The number of amides is 1. The van der Waals surface area contributed by atoms with Crippen LogP contribution in [0, 0.1) is 0 Å². The van der Waals surface area contributed by atoms with E-state index in [2.05, 4.69) is 20.3 Å². The van der Waals surface area contributed by atoms with E-state index >= 15 is 0 Å². The van der Waals surface area contributed by atoms with Crippen LogP contribution < -0.4 is 25.4 Å². The van der Waals surface area contributed by atoms with E-state index < -0.39 is 11.9 Å². The molecule has 1 unspecified atom stereocenters. The topological polar surface area (TPSA) is 114 Å². The molecule has 0 radical (unpaired) electrons. The number of rotatable bonds is 10. The van der Waals surface area contributed by atoms with Crippen molar-refractivity contribution in [2.45, 2.75) is 30.5 Å². The molecule has 0 spiro atoms. The zero-order valence-corrected chi connectivity index (χ0v) is 18.9. The number of methoxy groups -OCH3 is 2. The maximum atomic E-state index is 12.6. The summed E-state index contributed by atoms with van der Waals surface area (Å²) in [5.41, 5.74) is 1.41. The van der Waals surface area contributed by atoms with Crippen LogP contribution in [0.2, 0.25) is 0 Å². The average molecular weight is 480 g/mol. The van der Waals surface area contributed by atoms with Crippen LogP contribution in [0.5, 0.6) is 17.2 Å². The van der Waals surface area contributed by atoms with Crippen LogP contribution in [0.4, 0.5) is 8.78 Å². The molecule has 1 aromatic heterocycles. The Morgan fingerprint density at radius 1 is 1.12 bits per heavy atom. The fourth-order valence-electron chi connectivity index (χ4n) is 2.87. The smallest absolute Gasteiger partial charge is 0.387 e. The van der Waals surface area contributed by atoms with Gasteiger partial charge in [0, 0.05) is 12.1 Å². The summed E-state index contributed by atoms with van der Waals surface area (Å²) in [6, 6.07) is 11.2. The largest absolute Gasteiger partial charge is 0.493 e. The number of nitrogens with two attached hydrogens (primary N) is 1. The SMILES string of the molecule is COc1ccc(CNC(=O)C(C)Sc2nnc(-c3ccc(OC(F)F)cc3)n2N)cc1OC. The number of thioether (sulfide) groups is 1. The molecule has 3 N–H and O–H groups in total. The van der Waals surface area contributed by atoms with Crippen molar-refractivity contribution in [3.8, 4) is 28.6 Å². The molecule has 9 nitrogen and oxygen atoms in total. The fourth-order valence-corrected chi connectivity index (χ4v) is 3.67. The van der Waals surface area contributed by atoms with Crippen molar-refractivity contribution in [3.05, 3.63) is 48.0 Å². The van der Waals surface area contributed by atoms with Crippen LogP contribution >= 0.6 is 11.8 Å². The number of hydrogen-bond donors (Lipinski definition) is 2. The van der Waals surface area contributed by atoms with Gasteiger partial charge in [0.15, 0.2) is 17.3 Å². The molecule has 0 aliphatic heterocycles. The Balaban J connectivity index is 1.60. The summed E-state index contributed by atoms with van der Waals surface area (Å²) >= 11 is 1.14. The minimum Gasteiger partial charge on any atom is -0.493 e. The Labute approximate surface area is 193 Å². The summed E-state index contributed by atoms with van der Waals surface area (Å²) in [7, 11) is 3.10. The third kappa shape index (κ3) is 6.04. The minimum atomic E-state index is -2.91. The lowest BCUT2D eigenvalue weighted by atomic mass is 10.2. The molecule has 33 heavy (non-hydrogen) atoms. The van der Waals surface area contributed by atoms with Gasteiger partial charge in [0.2, 0.25) is 11.1 Å². The molecule has 0 bridgehead atoms. The zero-order chi connectivity index (χ0) is 24.0. The predicted octanol–water partition coefficient (Wildman–Crippen LogP) is 3.07. The van der Waals surface area contributed by atoms with Crippen molar-refractivity contribution in [1.29, 1.82) is 0 Å². The van der Waals surface area contributed by atoms with E-state index in [-0.39, 0.29) is 11.7 Å². The second-order valence-corrected chi connectivity index (χ2v) is 8.05. The maximum Gasteiger partial charge on any atom is 0.387 e. The number of halogens is 2. The lowest BCUT2D eigenvalue weighted by Gasteiger charge is -2.13. The van der Waals surface area contributed by atoms with E-state index in [4.69, 9.17) is 15.3 Å². The first kappa shape index (κ1) is 24.1. The van der Waals surface area contributed by atoms with Crippen molar-refractivity contribution in [1.82, 2.24) is 20.2 Å². The monoisotopic (exact) mass is 479 g/mol. The predicted molar refractivity (Wildman–Crippen MR) is 119 cm³/mol. The van der Waals surface area contributed by atoms with Crippen LogP contribution in [0.1, 0.15) is 12.5 Å².